The van der Waals surface area contributed by atoms with E-state index in [2.05, 4.69) is 26.5 Å². The fourth-order valence-corrected chi connectivity index (χ4v) is 0.150. The molecule has 0 aromatic rings. The van der Waals surface area contributed by atoms with Gasteiger partial charge in [0.15, 0.2) is 0 Å². The van der Waals surface area contributed by atoms with Crippen molar-refractivity contribution in [2.75, 3.05) is 0 Å². The molecule has 0 aromatic heterocycles. The van der Waals surface area contributed by atoms with Gasteiger partial charge in [0.05, 0.1) is 9.85 Å². The van der Waals surface area contributed by atoms with Gasteiger partial charge in [0.25, 0.3) is 5.16 Å². The van der Waals surface area contributed by atoms with Gasteiger partial charge in [-0.25, -0.2) is 0 Å². The molecule has 10 nitrogen and oxygen atoms in total. The smallest absolute Gasteiger partial charge is 0.337 e. The molecule has 10 heteroatoms. The first-order chi connectivity index (χ1) is 5.02. The summed E-state index contributed by atoms with van der Waals surface area (Å²) in [5.74, 6) is -0.571. The van der Waals surface area contributed by atoms with E-state index in [0.717, 1.165) is 0 Å². The molecule has 0 aliphatic rings. The standard InChI is InChI=1S/CH4N5O5/c2-1(3)4-10-6(9)11-5(7)8/h(H4,2,3,4)/q+1. The van der Waals surface area contributed by atoms with E-state index in [-0.39, 0.29) is 0 Å². The average Bonchev–Trinajstić information content (AvgIpc) is 1.82. The quantitative estimate of drug-likeness (QED) is 0.212. The molecule has 0 aliphatic carbocycles. The lowest BCUT2D eigenvalue weighted by atomic mass is 11.1. The summed E-state index contributed by atoms with van der Waals surface area (Å²) in [7, 11) is 0. The third-order valence-corrected chi connectivity index (χ3v) is 0.346. The molecule has 0 aliphatic heterocycles. The molecule has 0 bridgehead atoms. The zero-order chi connectivity index (χ0) is 8.85. The Morgan fingerprint density at radius 3 is 2.36 bits per heavy atom. The van der Waals surface area contributed by atoms with Crippen LogP contribution in [0.25, 0.3) is 0 Å². The summed E-state index contributed by atoms with van der Waals surface area (Å²) in [5.41, 5.74) is 9.37. The van der Waals surface area contributed by atoms with Crippen molar-refractivity contribution in [3.63, 3.8) is 0 Å². The highest BCUT2D eigenvalue weighted by Crippen LogP contribution is 1.80. The van der Waals surface area contributed by atoms with Crippen molar-refractivity contribution < 1.29 is 20.0 Å². The Kier molecular flexibility index (Phi) is 3.07. The van der Waals surface area contributed by atoms with Crippen LogP contribution in [0.1, 0.15) is 0 Å². The lowest BCUT2D eigenvalue weighted by Crippen LogP contribution is -2.24. The minimum Gasteiger partial charge on any atom is -0.337 e. The summed E-state index contributed by atoms with van der Waals surface area (Å²) in [6, 6.07) is 0. The van der Waals surface area contributed by atoms with Crippen LogP contribution in [0.2, 0.25) is 0 Å². The SMILES string of the molecule is NC(N)=NO[N+](=O)O[N+](=O)[O-]. The average molecular weight is 166 g/mol. The van der Waals surface area contributed by atoms with E-state index < -0.39 is 16.1 Å². The van der Waals surface area contributed by atoms with E-state index in [4.69, 9.17) is 0 Å². The van der Waals surface area contributed by atoms with Gasteiger partial charge in [-0.2, -0.15) is 10.1 Å². The first kappa shape index (κ1) is 8.87. The van der Waals surface area contributed by atoms with Crippen LogP contribution in [-0.2, 0) is 9.88 Å². The third kappa shape index (κ3) is 5.75. The molecule has 62 valence electrons. The van der Waals surface area contributed by atoms with Gasteiger partial charge < -0.3 is 11.5 Å². The van der Waals surface area contributed by atoms with Crippen LogP contribution in [-0.4, -0.2) is 16.1 Å². The zero-order valence-corrected chi connectivity index (χ0v) is 5.04. The highest BCUT2D eigenvalue weighted by molar-refractivity contribution is 5.74. The van der Waals surface area contributed by atoms with Gasteiger partial charge >= 0.3 is 11.0 Å². The van der Waals surface area contributed by atoms with Gasteiger partial charge in [-0.3, -0.25) is 0 Å². The van der Waals surface area contributed by atoms with E-state index >= 15 is 0 Å². The van der Waals surface area contributed by atoms with Crippen molar-refractivity contribution in [2.45, 2.75) is 0 Å². The van der Waals surface area contributed by atoms with E-state index in [1.807, 2.05) is 0 Å². The Morgan fingerprint density at radius 1 is 1.45 bits per heavy atom. The third-order valence-electron chi connectivity index (χ3n) is 0.346. The van der Waals surface area contributed by atoms with Crippen LogP contribution in [0.5, 0.6) is 0 Å². The predicted octanol–water partition coefficient (Wildman–Crippen LogP) is -1.99. The van der Waals surface area contributed by atoms with Crippen LogP contribution >= 0.6 is 0 Å². The number of guanidine groups is 1. The largest absolute Gasteiger partial charge is 0.414 e. The van der Waals surface area contributed by atoms with Crippen LogP contribution < -0.4 is 11.5 Å². The van der Waals surface area contributed by atoms with Gasteiger partial charge in [0.2, 0.25) is 5.09 Å². The Balaban J connectivity index is 3.71. The fourth-order valence-electron chi connectivity index (χ4n) is 0.150. The molecule has 0 fully saturated rings. The van der Waals surface area contributed by atoms with E-state index in [0.29, 0.717) is 0 Å². The van der Waals surface area contributed by atoms with Crippen molar-refractivity contribution in [1.82, 2.24) is 0 Å². The number of oxime groups is 1. The molecule has 0 atom stereocenters. The molecule has 11 heavy (non-hydrogen) atoms. The molecule has 0 spiro atoms. The van der Waals surface area contributed by atoms with Crippen molar-refractivity contribution in [3.05, 3.63) is 15.0 Å². The van der Waals surface area contributed by atoms with Crippen LogP contribution in [0.15, 0.2) is 5.16 Å². The summed E-state index contributed by atoms with van der Waals surface area (Å²) in [6.45, 7) is 0. The summed E-state index contributed by atoms with van der Waals surface area (Å²) < 4.78 is 0. The maximum absolute atomic E-state index is 9.97. The molecule has 0 amide bonds. The first-order valence-corrected chi connectivity index (χ1v) is 2.08. The van der Waals surface area contributed by atoms with Gasteiger partial charge in [-0.15, -0.1) is 0 Å². The van der Waals surface area contributed by atoms with Crippen molar-refractivity contribution in [3.8, 4) is 0 Å². The van der Waals surface area contributed by atoms with Crippen molar-refractivity contribution in [2.24, 2.45) is 16.6 Å². The molecule has 0 saturated carbocycles. The highest BCUT2D eigenvalue weighted by atomic mass is 17.2. The number of hydrogen-bond donors (Lipinski definition) is 2. The molecular formula is CH4N5O5+. The monoisotopic (exact) mass is 166 g/mol. The van der Waals surface area contributed by atoms with E-state index in [9.17, 15) is 15.0 Å². The number of nitrogens with two attached hydrogens (primary N) is 2. The Bertz CT molecular complexity index is 193. The second-order valence-electron chi connectivity index (χ2n) is 1.13. The molecule has 0 heterocycles. The molecule has 4 N–H and O–H groups in total. The minimum absolute atomic E-state index is 0.571. The normalized spacial score (nSPS) is 8.00. The minimum atomic E-state index is -1.39. The highest BCUT2D eigenvalue weighted by Gasteiger charge is 2.14. The van der Waals surface area contributed by atoms with Gasteiger partial charge in [-0.05, 0) is 0 Å². The van der Waals surface area contributed by atoms with Crippen LogP contribution in [0, 0.1) is 15.0 Å². The van der Waals surface area contributed by atoms with Crippen molar-refractivity contribution in [1.29, 1.82) is 0 Å². The lowest BCUT2D eigenvalue weighted by molar-refractivity contribution is -1.14. The van der Waals surface area contributed by atoms with Gasteiger partial charge in [0, 0.05) is 0 Å². The second kappa shape index (κ2) is 3.81. The van der Waals surface area contributed by atoms with Gasteiger partial charge in [-0.1, -0.05) is 4.94 Å². The Morgan fingerprint density at radius 2 is 2.00 bits per heavy atom. The summed E-state index contributed by atoms with van der Waals surface area (Å²) in [4.78, 5) is 26.1. The van der Waals surface area contributed by atoms with Crippen molar-refractivity contribution >= 4 is 5.96 Å². The van der Waals surface area contributed by atoms with E-state index in [1.54, 1.807) is 0 Å². The molecule has 0 radical (unpaired) electrons. The molecular weight excluding hydrogens is 162 g/mol. The zero-order valence-electron chi connectivity index (χ0n) is 5.04. The molecule has 0 saturated heterocycles. The van der Waals surface area contributed by atoms with Crippen LogP contribution in [0.4, 0.5) is 0 Å². The maximum atomic E-state index is 9.97. The number of nitrogens with zero attached hydrogens (tertiary/aromatic N) is 3. The first-order valence-electron chi connectivity index (χ1n) is 2.08. The number of rotatable bonds is 4. The Labute approximate surface area is 58.9 Å². The predicted molar refractivity (Wildman–Crippen MR) is 28.6 cm³/mol. The molecule has 0 rings (SSSR count). The number of hydrogen-bond acceptors (Lipinski definition) is 6. The summed E-state index contributed by atoms with van der Waals surface area (Å²) in [5, 5.41) is 9.77. The van der Waals surface area contributed by atoms with E-state index in [1.165, 1.54) is 0 Å². The maximum Gasteiger partial charge on any atom is 0.414 e. The molecule has 0 aromatic carbocycles. The van der Waals surface area contributed by atoms with Crippen LogP contribution in [0.3, 0.4) is 0 Å². The Hall–Kier alpha value is -2.13. The fraction of sp³-hybridized carbons (Fsp3) is 0. The lowest BCUT2D eigenvalue weighted by Gasteiger charge is -1.81. The topological polar surface area (TPSA) is 146 Å². The summed E-state index contributed by atoms with van der Waals surface area (Å²) >= 11 is 0. The molecule has 0 unspecified atom stereocenters. The summed E-state index contributed by atoms with van der Waals surface area (Å²) in [6.07, 6.45) is 0. The second-order valence-corrected chi connectivity index (χ2v) is 1.13. The van der Waals surface area contributed by atoms with Gasteiger partial charge in [0.1, 0.15) is 0 Å².